The molecule has 1 aromatic carbocycles. The van der Waals surface area contributed by atoms with Gasteiger partial charge in [0, 0.05) is 37.1 Å². The van der Waals surface area contributed by atoms with Crippen LogP contribution in [0.25, 0.3) is 0 Å². The maximum atomic E-state index is 12.7. The number of hydrogen-bond acceptors (Lipinski definition) is 4. The Hall–Kier alpha value is -1.53. The van der Waals surface area contributed by atoms with Crippen molar-refractivity contribution in [2.75, 3.05) is 20.1 Å². The SMILES string of the molecule is CNCC1CCCN1C(=O)c1ccc(Oc2ccncc2)c(Cl)c1.Cl.Cl. The molecule has 1 aliphatic heterocycles. The van der Waals surface area contributed by atoms with Crippen LogP contribution in [0.2, 0.25) is 5.02 Å². The zero-order valence-electron chi connectivity index (χ0n) is 14.4. The predicted octanol–water partition coefficient (Wildman–Crippen LogP) is 4.19. The first-order valence-electron chi connectivity index (χ1n) is 8.02. The number of halogens is 3. The number of likely N-dealkylation sites (N-methyl/N-ethyl adjacent to an activating group) is 1. The van der Waals surface area contributed by atoms with Gasteiger partial charge in [-0.3, -0.25) is 9.78 Å². The molecule has 1 unspecified atom stereocenters. The van der Waals surface area contributed by atoms with Gasteiger partial charge in [-0.05, 0) is 50.2 Å². The van der Waals surface area contributed by atoms with E-state index in [9.17, 15) is 4.79 Å². The van der Waals surface area contributed by atoms with E-state index in [1.165, 1.54) is 0 Å². The summed E-state index contributed by atoms with van der Waals surface area (Å²) in [6, 6.07) is 8.92. The predicted molar refractivity (Wildman–Crippen MR) is 108 cm³/mol. The van der Waals surface area contributed by atoms with Crippen LogP contribution in [0.4, 0.5) is 0 Å². The monoisotopic (exact) mass is 417 g/mol. The summed E-state index contributed by atoms with van der Waals surface area (Å²) in [7, 11) is 1.91. The highest BCUT2D eigenvalue weighted by molar-refractivity contribution is 6.32. The number of hydrogen-bond donors (Lipinski definition) is 1. The minimum atomic E-state index is 0. The van der Waals surface area contributed by atoms with Gasteiger partial charge in [0.25, 0.3) is 5.91 Å². The van der Waals surface area contributed by atoms with Crippen molar-refractivity contribution in [2.24, 2.45) is 0 Å². The Morgan fingerprint density at radius 1 is 1.31 bits per heavy atom. The fourth-order valence-corrected chi connectivity index (χ4v) is 3.19. The first kappa shape index (κ1) is 22.5. The number of nitrogens with one attached hydrogen (secondary N) is 1. The quantitative estimate of drug-likeness (QED) is 0.791. The Morgan fingerprint density at radius 3 is 2.69 bits per heavy atom. The van der Waals surface area contributed by atoms with E-state index in [0.29, 0.717) is 22.1 Å². The molecule has 0 spiro atoms. The molecule has 5 nitrogen and oxygen atoms in total. The summed E-state index contributed by atoms with van der Waals surface area (Å²) in [5.74, 6) is 1.19. The highest BCUT2D eigenvalue weighted by Gasteiger charge is 2.29. The van der Waals surface area contributed by atoms with E-state index < -0.39 is 0 Å². The zero-order valence-corrected chi connectivity index (χ0v) is 16.7. The van der Waals surface area contributed by atoms with Crippen molar-refractivity contribution in [3.05, 3.63) is 53.3 Å². The standard InChI is InChI=1S/C18H20ClN3O2.2ClH/c1-20-12-14-3-2-10-22(14)18(23)13-4-5-17(16(19)11-13)24-15-6-8-21-9-7-15;;/h4-9,11,14,20H,2-3,10,12H2,1H3;2*1H. The third-order valence-electron chi connectivity index (χ3n) is 4.13. The van der Waals surface area contributed by atoms with Crippen LogP contribution in [0.1, 0.15) is 23.2 Å². The van der Waals surface area contributed by atoms with Crippen LogP contribution in [0, 0.1) is 0 Å². The van der Waals surface area contributed by atoms with Crippen LogP contribution in [-0.2, 0) is 0 Å². The second kappa shape index (κ2) is 10.6. The van der Waals surface area contributed by atoms with Crippen LogP contribution < -0.4 is 10.1 Å². The van der Waals surface area contributed by atoms with Gasteiger partial charge in [0.05, 0.1) is 5.02 Å². The lowest BCUT2D eigenvalue weighted by molar-refractivity contribution is 0.0737. The van der Waals surface area contributed by atoms with Gasteiger partial charge in [-0.2, -0.15) is 0 Å². The highest BCUT2D eigenvalue weighted by Crippen LogP contribution is 2.31. The van der Waals surface area contributed by atoms with Crippen LogP contribution in [0.3, 0.4) is 0 Å². The molecule has 3 rings (SSSR count). The molecule has 2 aromatic rings. The third-order valence-corrected chi connectivity index (χ3v) is 4.43. The number of ether oxygens (including phenoxy) is 1. The minimum Gasteiger partial charge on any atom is -0.456 e. The number of carbonyl (C=O) groups is 1. The maximum Gasteiger partial charge on any atom is 0.254 e. The molecule has 1 saturated heterocycles. The molecule has 0 aliphatic carbocycles. The van der Waals surface area contributed by atoms with Crippen molar-refractivity contribution in [3.63, 3.8) is 0 Å². The van der Waals surface area contributed by atoms with Crippen molar-refractivity contribution in [3.8, 4) is 11.5 Å². The number of nitrogens with zero attached hydrogens (tertiary/aromatic N) is 2. The molecule has 2 heterocycles. The second-order valence-electron chi connectivity index (χ2n) is 5.78. The summed E-state index contributed by atoms with van der Waals surface area (Å²) < 4.78 is 5.72. The number of aromatic nitrogens is 1. The van der Waals surface area contributed by atoms with Gasteiger partial charge < -0.3 is 15.0 Å². The molecule has 8 heteroatoms. The molecule has 1 aromatic heterocycles. The zero-order chi connectivity index (χ0) is 16.9. The summed E-state index contributed by atoms with van der Waals surface area (Å²) in [6.45, 7) is 1.60. The number of rotatable bonds is 5. The second-order valence-corrected chi connectivity index (χ2v) is 6.19. The van der Waals surface area contributed by atoms with E-state index in [1.54, 1.807) is 42.7 Å². The molecular formula is C18H22Cl3N3O2. The molecule has 1 amide bonds. The summed E-state index contributed by atoms with van der Waals surface area (Å²) in [4.78, 5) is 18.6. The topological polar surface area (TPSA) is 54.5 Å². The van der Waals surface area contributed by atoms with E-state index in [2.05, 4.69) is 10.3 Å². The molecule has 1 fully saturated rings. The van der Waals surface area contributed by atoms with Crippen LogP contribution in [0.5, 0.6) is 11.5 Å². The molecule has 0 radical (unpaired) electrons. The third kappa shape index (κ3) is 5.24. The van der Waals surface area contributed by atoms with Gasteiger partial charge in [-0.1, -0.05) is 11.6 Å². The number of carbonyl (C=O) groups excluding carboxylic acids is 1. The summed E-state index contributed by atoms with van der Waals surface area (Å²) in [5.41, 5.74) is 0.588. The number of benzene rings is 1. The molecule has 0 bridgehead atoms. The van der Waals surface area contributed by atoms with Gasteiger partial charge in [-0.25, -0.2) is 0 Å². The van der Waals surface area contributed by atoms with Gasteiger partial charge in [-0.15, -0.1) is 24.8 Å². The van der Waals surface area contributed by atoms with E-state index in [0.717, 1.165) is 25.9 Å². The Bertz CT molecular complexity index is 716. The smallest absolute Gasteiger partial charge is 0.254 e. The Balaban J connectivity index is 0.00000169. The van der Waals surface area contributed by atoms with E-state index in [-0.39, 0.29) is 36.8 Å². The largest absolute Gasteiger partial charge is 0.456 e. The molecule has 1 N–H and O–H groups in total. The summed E-state index contributed by atoms with van der Waals surface area (Å²) >= 11 is 6.30. The lowest BCUT2D eigenvalue weighted by atomic mass is 10.1. The van der Waals surface area contributed by atoms with Crippen molar-refractivity contribution >= 4 is 42.3 Å². The average Bonchev–Trinajstić information content (AvgIpc) is 3.05. The number of likely N-dealkylation sites (tertiary alicyclic amines) is 1. The van der Waals surface area contributed by atoms with Crippen LogP contribution >= 0.6 is 36.4 Å². The minimum absolute atomic E-state index is 0. The fourth-order valence-electron chi connectivity index (χ4n) is 2.97. The van der Waals surface area contributed by atoms with Gasteiger partial charge >= 0.3 is 0 Å². The van der Waals surface area contributed by atoms with Gasteiger partial charge in [0.15, 0.2) is 0 Å². The Labute approximate surface area is 170 Å². The van der Waals surface area contributed by atoms with E-state index >= 15 is 0 Å². The molecular weight excluding hydrogens is 397 g/mol. The number of pyridine rings is 1. The molecule has 0 saturated carbocycles. The van der Waals surface area contributed by atoms with Gasteiger partial charge in [0.2, 0.25) is 0 Å². The first-order valence-corrected chi connectivity index (χ1v) is 8.40. The molecule has 26 heavy (non-hydrogen) atoms. The molecule has 1 atom stereocenters. The van der Waals surface area contributed by atoms with Gasteiger partial charge in [0.1, 0.15) is 11.5 Å². The summed E-state index contributed by atoms with van der Waals surface area (Å²) in [6.07, 6.45) is 5.37. The lowest BCUT2D eigenvalue weighted by Crippen LogP contribution is -2.40. The first-order chi connectivity index (χ1) is 11.7. The summed E-state index contributed by atoms with van der Waals surface area (Å²) in [5, 5.41) is 3.57. The van der Waals surface area contributed by atoms with Crippen molar-refractivity contribution < 1.29 is 9.53 Å². The number of amides is 1. The van der Waals surface area contributed by atoms with Crippen molar-refractivity contribution in [2.45, 2.75) is 18.9 Å². The van der Waals surface area contributed by atoms with Crippen molar-refractivity contribution in [1.29, 1.82) is 0 Å². The van der Waals surface area contributed by atoms with Crippen molar-refractivity contribution in [1.82, 2.24) is 15.2 Å². The van der Waals surface area contributed by atoms with Crippen LogP contribution in [0.15, 0.2) is 42.7 Å². The normalized spacial score (nSPS) is 15.8. The Kier molecular flexibility index (Phi) is 9.16. The molecule has 142 valence electrons. The van der Waals surface area contributed by atoms with E-state index in [1.807, 2.05) is 11.9 Å². The Morgan fingerprint density at radius 2 is 2.04 bits per heavy atom. The fraction of sp³-hybridized carbons (Fsp3) is 0.333. The lowest BCUT2D eigenvalue weighted by Gasteiger charge is -2.24. The molecule has 1 aliphatic rings. The highest BCUT2D eigenvalue weighted by atomic mass is 35.5. The van der Waals surface area contributed by atoms with Crippen LogP contribution in [-0.4, -0.2) is 42.0 Å². The maximum absolute atomic E-state index is 12.7. The average molecular weight is 419 g/mol. The van der Waals surface area contributed by atoms with E-state index in [4.69, 9.17) is 16.3 Å².